The molecule has 1 atom stereocenters. The number of rotatable bonds is 1. The van der Waals surface area contributed by atoms with E-state index in [9.17, 15) is 5.11 Å². The molecule has 1 aliphatic rings. The van der Waals surface area contributed by atoms with Crippen molar-refractivity contribution in [2.75, 3.05) is 18.0 Å². The van der Waals surface area contributed by atoms with Crippen LogP contribution in [0.5, 0.6) is 0 Å². The second kappa shape index (κ2) is 5.02. The second-order valence-electron chi connectivity index (χ2n) is 5.86. The highest BCUT2D eigenvalue weighted by Crippen LogP contribution is 2.25. The van der Waals surface area contributed by atoms with Gasteiger partial charge >= 0.3 is 0 Å². The molecule has 0 radical (unpaired) electrons. The summed E-state index contributed by atoms with van der Waals surface area (Å²) in [5.41, 5.74) is -0.131. The first-order valence-corrected chi connectivity index (χ1v) is 6.72. The van der Waals surface area contributed by atoms with E-state index in [-0.39, 0.29) is 11.5 Å². The third-order valence-electron chi connectivity index (χ3n) is 3.07. The van der Waals surface area contributed by atoms with Crippen molar-refractivity contribution >= 4 is 17.4 Å². The highest BCUT2D eigenvalue weighted by atomic mass is 35.5. The first-order chi connectivity index (χ1) is 8.36. The number of aromatic nitrogens is 2. The molecular weight excluding hydrogens is 250 g/mol. The van der Waals surface area contributed by atoms with Crippen molar-refractivity contribution in [2.24, 2.45) is 0 Å². The van der Waals surface area contributed by atoms with E-state index in [0.717, 1.165) is 31.0 Å². The molecule has 0 bridgehead atoms. The molecule has 1 aromatic heterocycles. The van der Waals surface area contributed by atoms with Crippen molar-refractivity contribution in [2.45, 2.75) is 45.1 Å². The number of anilines is 1. The lowest BCUT2D eigenvalue weighted by molar-refractivity contribution is 0.154. The fourth-order valence-electron chi connectivity index (χ4n) is 2.07. The van der Waals surface area contributed by atoms with Crippen molar-refractivity contribution in [3.05, 3.63) is 17.0 Å². The number of hydrogen-bond donors (Lipinski definition) is 1. The Morgan fingerprint density at radius 3 is 2.72 bits per heavy atom. The SMILES string of the molecule is CC(C)(C)c1nc(Cl)cc(N2CCCC(O)C2)n1. The van der Waals surface area contributed by atoms with Gasteiger partial charge in [0.25, 0.3) is 0 Å². The number of halogens is 1. The summed E-state index contributed by atoms with van der Waals surface area (Å²) in [7, 11) is 0. The zero-order valence-electron chi connectivity index (χ0n) is 11.1. The van der Waals surface area contributed by atoms with Gasteiger partial charge in [-0.1, -0.05) is 32.4 Å². The van der Waals surface area contributed by atoms with Crippen LogP contribution in [0.2, 0.25) is 5.15 Å². The fourth-order valence-corrected chi connectivity index (χ4v) is 2.24. The lowest BCUT2D eigenvalue weighted by Gasteiger charge is -2.31. The van der Waals surface area contributed by atoms with Gasteiger partial charge in [-0.15, -0.1) is 0 Å². The zero-order chi connectivity index (χ0) is 13.3. The Morgan fingerprint density at radius 1 is 1.39 bits per heavy atom. The van der Waals surface area contributed by atoms with Crippen molar-refractivity contribution in [1.29, 1.82) is 0 Å². The van der Waals surface area contributed by atoms with Crippen molar-refractivity contribution in [3.63, 3.8) is 0 Å². The monoisotopic (exact) mass is 269 g/mol. The summed E-state index contributed by atoms with van der Waals surface area (Å²) in [5.74, 6) is 1.56. The predicted molar refractivity (Wildman–Crippen MR) is 73.2 cm³/mol. The zero-order valence-corrected chi connectivity index (χ0v) is 11.9. The van der Waals surface area contributed by atoms with Crippen molar-refractivity contribution < 1.29 is 5.11 Å². The smallest absolute Gasteiger partial charge is 0.137 e. The normalized spacial score (nSPS) is 21.2. The van der Waals surface area contributed by atoms with Crippen LogP contribution in [0.4, 0.5) is 5.82 Å². The first kappa shape index (κ1) is 13.6. The molecule has 2 rings (SSSR count). The van der Waals surface area contributed by atoms with Crippen LogP contribution in [0.1, 0.15) is 39.4 Å². The molecule has 1 fully saturated rings. The van der Waals surface area contributed by atoms with E-state index >= 15 is 0 Å². The average molecular weight is 270 g/mol. The van der Waals surface area contributed by atoms with Crippen LogP contribution in [-0.2, 0) is 5.41 Å². The van der Waals surface area contributed by atoms with Gasteiger partial charge in [0.05, 0.1) is 6.10 Å². The standard InChI is InChI=1S/C13H20ClN3O/c1-13(2,3)12-15-10(14)7-11(16-12)17-6-4-5-9(18)8-17/h7,9,18H,4-6,8H2,1-3H3. The summed E-state index contributed by atoms with van der Waals surface area (Å²) >= 11 is 6.07. The molecule has 1 unspecified atom stereocenters. The number of aliphatic hydroxyl groups is 1. The van der Waals surface area contributed by atoms with Gasteiger partial charge in [-0.3, -0.25) is 0 Å². The van der Waals surface area contributed by atoms with Gasteiger partial charge in [0.1, 0.15) is 16.8 Å². The van der Waals surface area contributed by atoms with Crippen LogP contribution in [0, 0.1) is 0 Å². The number of aliphatic hydroxyl groups excluding tert-OH is 1. The van der Waals surface area contributed by atoms with Crippen molar-refractivity contribution in [1.82, 2.24) is 9.97 Å². The minimum absolute atomic E-state index is 0.131. The van der Waals surface area contributed by atoms with E-state index in [2.05, 4.69) is 35.6 Å². The van der Waals surface area contributed by atoms with Gasteiger partial charge in [-0.25, -0.2) is 9.97 Å². The third-order valence-corrected chi connectivity index (χ3v) is 3.27. The molecule has 0 spiro atoms. The van der Waals surface area contributed by atoms with Crippen LogP contribution < -0.4 is 4.90 Å². The maximum Gasteiger partial charge on any atom is 0.137 e. The van der Waals surface area contributed by atoms with Gasteiger partial charge in [-0.2, -0.15) is 0 Å². The number of hydrogen-bond acceptors (Lipinski definition) is 4. The van der Waals surface area contributed by atoms with Crippen LogP contribution in [0.3, 0.4) is 0 Å². The molecule has 2 heterocycles. The Hall–Kier alpha value is -0.870. The number of piperidine rings is 1. The van der Waals surface area contributed by atoms with E-state index < -0.39 is 0 Å². The highest BCUT2D eigenvalue weighted by Gasteiger charge is 2.23. The summed E-state index contributed by atoms with van der Waals surface area (Å²) in [5, 5.41) is 10.2. The third kappa shape index (κ3) is 3.12. The number of β-amino-alcohol motifs (C(OH)–C–C–N with tert-alkyl or cyclic N) is 1. The number of nitrogens with zero attached hydrogens (tertiary/aromatic N) is 3. The van der Waals surface area contributed by atoms with Gasteiger partial charge in [-0.05, 0) is 12.8 Å². The average Bonchev–Trinajstić information content (AvgIpc) is 2.27. The summed E-state index contributed by atoms with van der Waals surface area (Å²) in [6.07, 6.45) is 1.57. The summed E-state index contributed by atoms with van der Waals surface area (Å²) in [6.45, 7) is 7.72. The van der Waals surface area contributed by atoms with E-state index in [1.807, 2.05) is 0 Å². The molecule has 0 saturated carbocycles. The quantitative estimate of drug-likeness (QED) is 0.796. The highest BCUT2D eigenvalue weighted by molar-refractivity contribution is 6.29. The Morgan fingerprint density at radius 2 is 2.11 bits per heavy atom. The van der Waals surface area contributed by atoms with Gasteiger partial charge in [0.15, 0.2) is 0 Å². The summed E-state index contributed by atoms with van der Waals surface area (Å²) < 4.78 is 0. The molecule has 1 saturated heterocycles. The van der Waals surface area contributed by atoms with Gasteiger partial charge in [0, 0.05) is 24.6 Å². The Kier molecular flexibility index (Phi) is 3.78. The maximum atomic E-state index is 9.72. The largest absolute Gasteiger partial charge is 0.391 e. The van der Waals surface area contributed by atoms with Crippen LogP contribution in [-0.4, -0.2) is 34.3 Å². The summed E-state index contributed by atoms with van der Waals surface area (Å²) in [6, 6.07) is 1.77. The van der Waals surface area contributed by atoms with Crippen LogP contribution in [0.15, 0.2) is 6.07 Å². The predicted octanol–water partition coefficient (Wildman–Crippen LogP) is 2.39. The van der Waals surface area contributed by atoms with Crippen LogP contribution in [0.25, 0.3) is 0 Å². The van der Waals surface area contributed by atoms with E-state index in [4.69, 9.17) is 11.6 Å². The minimum atomic E-state index is -0.273. The molecule has 100 valence electrons. The molecule has 1 aliphatic heterocycles. The molecule has 0 aromatic carbocycles. The lowest BCUT2D eigenvalue weighted by atomic mass is 9.96. The van der Waals surface area contributed by atoms with Gasteiger partial charge in [0.2, 0.25) is 0 Å². The van der Waals surface area contributed by atoms with Crippen LogP contribution >= 0.6 is 11.6 Å². The molecule has 18 heavy (non-hydrogen) atoms. The topological polar surface area (TPSA) is 49.2 Å². The first-order valence-electron chi connectivity index (χ1n) is 6.34. The Bertz CT molecular complexity index is 431. The second-order valence-corrected chi connectivity index (χ2v) is 6.25. The maximum absolute atomic E-state index is 9.72. The fraction of sp³-hybridized carbons (Fsp3) is 0.692. The molecule has 1 N–H and O–H groups in total. The van der Waals surface area contributed by atoms with Gasteiger partial charge < -0.3 is 10.0 Å². The minimum Gasteiger partial charge on any atom is -0.391 e. The Balaban J connectivity index is 2.30. The van der Waals surface area contributed by atoms with E-state index in [1.165, 1.54) is 0 Å². The van der Waals surface area contributed by atoms with E-state index in [1.54, 1.807) is 6.07 Å². The molecule has 4 nitrogen and oxygen atoms in total. The molecular formula is C13H20ClN3O. The van der Waals surface area contributed by atoms with E-state index in [0.29, 0.717) is 11.7 Å². The molecule has 5 heteroatoms. The van der Waals surface area contributed by atoms with Crippen molar-refractivity contribution in [3.8, 4) is 0 Å². The lowest BCUT2D eigenvalue weighted by Crippen LogP contribution is -2.39. The molecule has 0 aliphatic carbocycles. The molecule has 1 aromatic rings. The Labute approximate surface area is 113 Å². The summed E-state index contributed by atoms with van der Waals surface area (Å²) in [4.78, 5) is 10.9. The molecule has 0 amide bonds.